The summed E-state index contributed by atoms with van der Waals surface area (Å²) in [5.41, 5.74) is 3.66. The minimum atomic E-state index is -0.586. The van der Waals surface area contributed by atoms with E-state index in [1.54, 1.807) is 24.3 Å². The number of thioether (sulfide) groups is 1. The number of carbonyl (C=O) groups excluding carboxylic acids is 1. The second-order valence-electron chi connectivity index (χ2n) is 7.73. The van der Waals surface area contributed by atoms with E-state index < -0.39 is 5.25 Å². The molecule has 0 spiro atoms. The minimum Gasteiger partial charge on any atom is -0.486 e. The lowest BCUT2D eigenvalue weighted by atomic mass is 10.1. The molecule has 0 saturated heterocycles. The molecule has 174 valence electrons. The highest BCUT2D eigenvalue weighted by molar-refractivity contribution is 8.00. The molecule has 9 heteroatoms. The van der Waals surface area contributed by atoms with Crippen LogP contribution in [-0.4, -0.2) is 20.8 Å². The van der Waals surface area contributed by atoms with Crippen LogP contribution in [0.25, 0.3) is 0 Å². The maximum absolute atomic E-state index is 13.4. The van der Waals surface area contributed by atoms with E-state index in [1.807, 2.05) is 62.4 Å². The lowest BCUT2D eigenvalue weighted by Gasteiger charge is -2.17. The van der Waals surface area contributed by atoms with Crippen molar-refractivity contribution in [3.05, 3.63) is 100 Å². The van der Waals surface area contributed by atoms with Gasteiger partial charge in [-0.05, 0) is 60.9 Å². The molecule has 0 fully saturated rings. The zero-order chi connectivity index (χ0) is 24.1. The third-order valence-corrected chi connectivity index (χ3v) is 6.59. The Hall–Kier alpha value is -3.49. The van der Waals surface area contributed by atoms with Gasteiger partial charge < -0.3 is 15.9 Å². The van der Waals surface area contributed by atoms with Crippen molar-refractivity contribution in [2.24, 2.45) is 0 Å². The zero-order valence-corrected chi connectivity index (χ0v) is 20.3. The first-order valence-corrected chi connectivity index (χ1v) is 11.8. The standard InChI is InChI=1S/C25H24ClN5O2S/c1-16-8-9-17(2)21(14-16)28-24(32)23(18-6-4-3-5-7-18)34-25-30-29-22(31(25)27)15-33-20-12-10-19(26)11-13-20/h3-14,23H,15,27H2,1-2H3,(H,28,32)/t23-/m0/s1. The Balaban J connectivity index is 1.53. The van der Waals surface area contributed by atoms with E-state index in [2.05, 4.69) is 15.5 Å². The Labute approximate surface area is 207 Å². The number of hydrogen-bond donors (Lipinski definition) is 2. The van der Waals surface area contributed by atoms with Crippen LogP contribution in [0.2, 0.25) is 5.02 Å². The fourth-order valence-corrected chi connectivity index (χ4v) is 4.34. The molecule has 1 aromatic heterocycles. The summed E-state index contributed by atoms with van der Waals surface area (Å²) in [5, 5.41) is 11.8. The quantitative estimate of drug-likeness (QED) is 0.255. The number of aryl methyl sites for hydroxylation is 2. The Bertz CT molecular complexity index is 1280. The van der Waals surface area contributed by atoms with Crippen molar-refractivity contribution in [3.8, 4) is 5.75 Å². The minimum absolute atomic E-state index is 0.121. The van der Waals surface area contributed by atoms with Crippen LogP contribution in [0.1, 0.15) is 27.8 Å². The molecule has 1 heterocycles. The highest BCUT2D eigenvalue weighted by Crippen LogP contribution is 2.35. The number of carbonyl (C=O) groups is 1. The van der Waals surface area contributed by atoms with Gasteiger partial charge in [-0.25, -0.2) is 4.68 Å². The molecule has 3 aromatic carbocycles. The van der Waals surface area contributed by atoms with E-state index in [0.29, 0.717) is 21.8 Å². The molecule has 4 aromatic rings. The van der Waals surface area contributed by atoms with E-state index in [-0.39, 0.29) is 12.5 Å². The summed E-state index contributed by atoms with van der Waals surface area (Å²) in [4.78, 5) is 13.4. The Morgan fingerprint density at radius 1 is 1.09 bits per heavy atom. The maximum atomic E-state index is 13.4. The predicted octanol–water partition coefficient (Wildman–Crippen LogP) is 5.31. The second kappa shape index (κ2) is 10.6. The molecule has 0 aliphatic carbocycles. The molecule has 3 N–H and O–H groups in total. The number of benzene rings is 3. The van der Waals surface area contributed by atoms with E-state index in [1.165, 1.54) is 16.4 Å². The summed E-state index contributed by atoms with van der Waals surface area (Å²) >= 11 is 7.14. The van der Waals surface area contributed by atoms with Crippen molar-refractivity contribution < 1.29 is 9.53 Å². The van der Waals surface area contributed by atoms with Crippen LogP contribution in [0, 0.1) is 13.8 Å². The molecule has 4 rings (SSSR count). The van der Waals surface area contributed by atoms with Gasteiger partial charge in [-0.3, -0.25) is 4.79 Å². The fraction of sp³-hybridized carbons (Fsp3) is 0.160. The van der Waals surface area contributed by atoms with Gasteiger partial charge in [-0.2, -0.15) is 0 Å². The first kappa shape index (κ1) is 23.7. The number of anilines is 1. The number of nitrogens with one attached hydrogen (secondary N) is 1. The molecule has 1 amide bonds. The Morgan fingerprint density at radius 2 is 1.82 bits per heavy atom. The van der Waals surface area contributed by atoms with Crippen LogP contribution >= 0.6 is 23.4 Å². The lowest BCUT2D eigenvalue weighted by molar-refractivity contribution is -0.115. The van der Waals surface area contributed by atoms with Crippen LogP contribution < -0.4 is 15.9 Å². The Morgan fingerprint density at radius 3 is 2.56 bits per heavy atom. The number of nitrogens with two attached hydrogens (primary N) is 1. The molecule has 0 saturated carbocycles. The lowest BCUT2D eigenvalue weighted by Crippen LogP contribution is -2.21. The average Bonchev–Trinajstić information content (AvgIpc) is 3.19. The van der Waals surface area contributed by atoms with E-state index in [9.17, 15) is 4.79 Å². The van der Waals surface area contributed by atoms with Gasteiger partial charge in [0.05, 0.1) is 0 Å². The first-order chi connectivity index (χ1) is 16.4. The summed E-state index contributed by atoms with van der Waals surface area (Å²) in [5.74, 6) is 7.14. The van der Waals surface area contributed by atoms with Crippen LogP contribution in [0.5, 0.6) is 5.75 Å². The molecule has 0 aliphatic heterocycles. The normalized spacial score (nSPS) is 11.7. The number of amides is 1. The molecule has 0 aliphatic rings. The monoisotopic (exact) mass is 493 g/mol. The van der Waals surface area contributed by atoms with Crippen molar-refractivity contribution in [1.82, 2.24) is 14.9 Å². The number of ether oxygens (including phenoxy) is 1. The number of nitrogen functional groups attached to an aromatic ring is 1. The van der Waals surface area contributed by atoms with Crippen molar-refractivity contribution in [1.29, 1.82) is 0 Å². The summed E-state index contributed by atoms with van der Waals surface area (Å²) in [7, 11) is 0. The zero-order valence-electron chi connectivity index (χ0n) is 18.7. The summed E-state index contributed by atoms with van der Waals surface area (Å²) < 4.78 is 7.08. The first-order valence-electron chi connectivity index (χ1n) is 10.6. The fourth-order valence-electron chi connectivity index (χ4n) is 3.24. The van der Waals surface area contributed by atoms with Crippen molar-refractivity contribution in [3.63, 3.8) is 0 Å². The molecule has 34 heavy (non-hydrogen) atoms. The SMILES string of the molecule is Cc1ccc(C)c(NC(=O)[C@@H](Sc2nnc(COc3ccc(Cl)cc3)n2N)c2ccccc2)c1. The number of halogens is 1. The van der Waals surface area contributed by atoms with Crippen molar-refractivity contribution >= 4 is 35.0 Å². The third kappa shape index (κ3) is 5.70. The molecule has 0 bridgehead atoms. The van der Waals surface area contributed by atoms with Gasteiger partial charge in [0.15, 0.2) is 5.82 Å². The Kier molecular flexibility index (Phi) is 7.40. The molecule has 0 radical (unpaired) electrons. The van der Waals surface area contributed by atoms with Gasteiger partial charge in [0.25, 0.3) is 0 Å². The topological polar surface area (TPSA) is 95.1 Å². The van der Waals surface area contributed by atoms with Gasteiger partial charge in [-0.1, -0.05) is 65.8 Å². The van der Waals surface area contributed by atoms with E-state index >= 15 is 0 Å². The molecule has 0 unspecified atom stereocenters. The molecular formula is C25H24ClN5O2S. The van der Waals surface area contributed by atoms with Crippen molar-refractivity contribution in [2.45, 2.75) is 30.9 Å². The number of rotatable bonds is 8. The summed E-state index contributed by atoms with van der Waals surface area (Å²) in [6.45, 7) is 4.07. The van der Waals surface area contributed by atoms with Gasteiger partial charge >= 0.3 is 0 Å². The van der Waals surface area contributed by atoms with Crippen LogP contribution in [0.15, 0.2) is 78.0 Å². The largest absolute Gasteiger partial charge is 0.486 e. The van der Waals surface area contributed by atoms with Crippen LogP contribution in [-0.2, 0) is 11.4 Å². The molecule has 1 atom stereocenters. The number of nitrogens with zero attached hydrogens (tertiary/aromatic N) is 3. The van der Waals surface area contributed by atoms with Crippen LogP contribution in [0.4, 0.5) is 5.69 Å². The van der Waals surface area contributed by atoms with Gasteiger partial charge in [-0.15, -0.1) is 10.2 Å². The summed E-state index contributed by atoms with van der Waals surface area (Å²) in [6, 6.07) is 22.5. The highest BCUT2D eigenvalue weighted by atomic mass is 35.5. The maximum Gasteiger partial charge on any atom is 0.242 e. The molecule has 7 nitrogen and oxygen atoms in total. The van der Waals surface area contributed by atoms with E-state index in [4.69, 9.17) is 22.2 Å². The highest BCUT2D eigenvalue weighted by Gasteiger charge is 2.26. The van der Waals surface area contributed by atoms with Gasteiger partial charge in [0, 0.05) is 10.7 Å². The van der Waals surface area contributed by atoms with Gasteiger partial charge in [0.2, 0.25) is 11.1 Å². The van der Waals surface area contributed by atoms with Crippen molar-refractivity contribution in [2.75, 3.05) is 11.2 Å². The van der Waals surface area contributed by atoms with E-state index in [0.717, 1.165) is 22.4 Å². The summed E-state index contributed by atoms with van der Waals surface area (Å²) in [6.07, 6.45) is 0. The number of hydrogen-bond acceptors (Lipinski definition) is 6. The average molecular weight is 494 g/mol. The second-order valence-corrected chi connectivity index (χ2v) is 9.24. The van der Waals surface area contributed by atoms with Crippen LogP contribution in [0.3, 0.4) is 0 Å². The number of aromatic nitrogens is 3. The third-order valence-electron chi connectivity index (χ3n) is 5.13. The smallest absolute Gasteiger partial charge is 0.242 e. The van der Waals surface area contributed by atoms with Gasteiger partial charge in [0.1, 0.15) is 17.6 Å². The molecular weight excluding hydrogens is 470 g/mol. The predicted molar refractivity (Wildman–Crippen MR) is 136 cm³/mol.